The molecule has 2 rings (SSSR count). The number of ether oxygens (including phenoxy) is 2. The Morgan fingerprint density at radius 3 is 2.44 bits per heavy atom. The van der Waals surface area contributed by atoms with Gasteiger partial charge in [0.2, 0.25) is 0 Å². The van der Waals surface area contributed by atoms with E-state index in [1.54, 1.807) is 14.2 Å². The van der Waals surface area contributed by atoms with E-state index in [4.69, 9.17) is 9.47 Å². The molecule has 0 aliphatic carbocycles. The van der Waals surface area contributed by atoms with Crippen molar-refractivity contribution in [1.82, 2.24) is 4.98 Å². The third-order valence-corrected chi connectivity index (χ3v) is 3.89. The lowest BCUT2D eigenvalue weighted by Gasteiger charge is -2.35. The summed E-state index contributed by atoms with van der Waals surface area (Å²) in [5, 5.41) is 0. The minimum absolute atomic E-state index is 0.0787. The summed E-state index contributed by atoms with van der Waals surface area (Å²) in [7, 11) is 3.41. The minimum atomic E-state index is -0.0787. The second-order valence-corrected chi connectivity index (χ2v) is 5.41. The van der Waals surface area contributed by atoms with Crippen LogP contribution in [0.25, 0.3) is 0 Å². The molecule has 2 heterocycles. The molecule has 0 saturated carbocycles. The quantitative estimate of drug-likeness (QED) is 0.800. The number of rotatable bonds is 4. The Morgan fingerprint density at radius 1 is 1.28 bits per heavy atom. The Kier molecular flexibility index (Phi) is 4.97. The SMILES string of the molecule is COC(OC)C1CCN(c2ccc(Br)cn2)CC1. The van der Waals surface area contributed by atoms with Gasteiger partial charge in [0.1, 0.15) is 5.82 Å². The molecule has 1 aromatic heterocycles. The van der Waals surface area contributed by atoms with E-state index in [2.05, 4.69) is 31.9 Å². The molecule has 0 aromatic carbocycles. The van der Waals surface area contributed by atoms with Crippen LogP contribution in [0.5, 0.6) is 0 Å². The van der Waals surface area contributed by atoms with Gasteiger partial charge in [-0.1, -0.05) is 0 Å². The molecule has 1 aliphatic rings. The Hall–Kier alpha value is -0.650. The Morgan fingerprint density at radius 2 is 1.94 bits per heavy atom. The highest BCUT2D eigenvalue weighted by atomic mass is 79.9. The van der Waals surface area contributed by atoms with Gasteiger partial charge in [0, 0.05) is 43.9 Å². The molecule has 0 bridgehead atoms. The summed E-state index contributed by atoms with van der Waals surface area (Å²) in [6.45, 7) is 2.00. The van der Waals surface area contributed by atoms with E-state index in [9.17, 15) is 0 Å². The summed E-state index contributed by atoms with van der Waals surface area (Å²) < 4.78 is 11.7. The number of nitrogens with zero attached hydrogens (tertiary/aromatic N) is 2. The predicted octanol–water partition coefficient (Wildman–Crippen LogP) is 2.68. The van der Waals surface area contributed by atoms with Gasteiger partial charge in [0.05, 0.1) is 0 Å². The number of methoxy groups -OCH3 is 2. The molecule has 0 N–H and O–H groups in total. The zero-order valence-electron chi connectivity index (χ0n) is 10.8. The molecule has 0 unspecified atom stereocenters. The van der Waals surface area contributed by atoms with Crippen molar-refractivity contribution in [3.63, 3.8) is 0 Å². The second kappa shape index (κ2) is 6.50. The summed E-state index contributed by atoms with van der Waals surface area (Å²) in [4.78, 5) is 6.74. The van der Waals surface area contributed by atoms with Crippen LogP contribution in [0.1, 0.15) is 12.8 Å². The molecule has 5 heteroatoms. The van der Waals surface area contributed by atoms with Crippen LogP contribution < -0.4 is 4.90 Å². The van der Waals surface area contributed by atoms with E-state index in [0.717, 1.165) is 36.2 Å². The standard InChI is InChI=1S/C13H19BrN2O2/c1-17-13(18-2)10-5-7-16(8-6-10)12-4-3-11(14)9-15-12/h3-4,9-10,13H,5-8H2,1-2H3. The molecule has 1 aromatic rings. The van der Waals surface area contributed by atoms with Crippen molar-refractivity contribution in [2.24, 2.45) is 5.92 Å². The number of piperidine rings is 1. The highest BCUT2D eigenvalue weighted by Crippen LogP contribution is 2.26. The van der Waals surface area contributed by atoms with Crippen molar-refractivity contribution in [3.8, 4) is 0 Å². The van der Waals surface area contributed by atoms with Crippen molar-refractivity contribution >= 4 is 21.7 Å². The number of anilines is 1. The highest BCUT2D eigenvalue weighted by molar-refractivity contribution is 9.10. The number of aromatic nitrogens is 1. The van der Waals surface area contributed by atoms with Crippen LogP contribution in [0.2, 0.25) is 0 Å². The topological polar surface area (TPSA) is 34.6 Å². The maximum absolute atomic E-state index is 5.33. The second-order valence-electron chi connectivity index (χ2n) is 4.50. The molecule has 4 nitrogen and oxygen atoms in total. The van der Waals surface area contributed by atoms with Gasteiger partial charge >= 0.3 is 0 Å². The lowest BCUT2D eigenvalue weighted by molar-refractivity contribution is -0.141. The number of halogens is 1. The van der Waals surface area contributed by atoms with Gasteiger partial charge in [-0.3, -0.25) is 0 Å². The summed E-state index contributed by atoms with van der Waals surface area (Å²) in [6, 6.07) is 4.08. The van der Waals surface area contributed by atoms with Gasteiger partial charge in [0.25, 0.3) is 0 Å². The molecule has 0 spiro atoms. The van der Waals surface area contributed by atoms with Crippen molar-refractivity contribution < 1.29 is 9.47 Å². The monoisotopic (exact) mass is 314 g/mol. The molecule has 100 valence electrons. The van der Waals surface area contributed by atoms with Gasteiger partial charge in [-0.05, 0) is 40.9 Å². The number of hydrogen-bond donors (Lipinski definition) is 0. The van der Waals surface area contributed by atoms with Crippen LogP contribution >= 0.6 is 15.9 Å². The van der Waals surface area contributed by atoms with Crippen molar-refractivity contribution in [1.29, 1.82) is 0 Å². The van der Waals surface area contributed by atoms with E-state index >= 15 is 0 Å². The Balaban J connectivity index is 1.92. The number of hydrogen-bond acceptors (Lipinski definition) is 4. The summed E-state index contributed by atoms with van der Waals surface area (Å²) >= 11 is 3.40. The molecule has 0 amide bonds. The van der Waals surface area contributed by atoms with E-state index < -0.39 is 0 Å². The molecule has 1 saturated heterocycles. The summed E-state index contributed by atoms with van der Waals surface area (Å²) in [6.07, 6.45) is 3.91. The van der Waals surface area contributed by atoms with Gasteiger partial charge in [-0.15, -0.1) is 0 Å². The molecular weight excluding hydrogens is 296 g/mol. The van der Waals surface area contributed by atoms with Crippen molar-refractivity contribution in [2.75, 3.05) is 32.2 Å². The third-order valence-electron chi connectivity index (χ3n) is 3.42. The molecule has 0 atom stereocenters. The minimum Gasteiger partial charge on any atom is -0.357 e. The van der Waals surface area contributed by atoms with Crippen molar-refractivity contribution in [2.45, 2.75) is 19.1 Å². The first-order valence-electron chi connectivity index (χ1n) is 6.16. The van der Waals surface area contributed by atoms with Gasteiger partial charge in [-0.2, -0.15) is 0 Å². The molecule has 1 aliphatic heterocycles. The van der Waals surface area contributed by atoms with Crippen LogP contribution in [0.4, 0.5) is 5.82 Å². The van der Waals surface area contributed by atoms with Crippen LogP contribution in [0.15, 0.2) is 22.8 Å². The Bertz CT molecular complexity index is 360. The van der Waals surface area contributed by atoms with Gasteiger partial charge in [0.15, 0.2) is 6.29 Å². The number of pyridine rings is 1. The van der Waals surface area contributed by atoms with Crippen LogP contribution in [0.3, 0.4) is 0 Å². The van der Waals surface area contributed by atoms with Crippen LogP contribution in [0, 0.1) is 5.92 Å². The fourth-order valence-electron chi connectivity index (χ4n) is 2.44. The van der Waals surface area contributed by atoms with E-state index in [1.165, 1.54) is 0 Å². The first kappa shape index (κ1) is 13.8. The maximum atomic E-state index is 5.33. The first-order chi connectivity index (χ1) is 8.74. The van der Waals surface area contributed by atoms with Crippen LogP contribution in [-0.4, -0.2) is 38.6 Å². The summed E-state index contributed by atoms with van der Waals surface area (Å²) in [5.41, 5.74) is 0. The zero-order chi connectivity index (χ0) is 13.0. The predicted molar refractivity (Wildman–Crippen MR) is 74.7 cm³/mol. The fraction of sp³-hybridized carbons (Fsp3) is 0.615. The Labute approximate surface area is 116 Å². The fourth-order valence-corrected chi connectivity index (χ4v) is 2.67. The molecular formula is C13H19BrN2O2. The zero-order valence-corrected chi connectivity index (χ0v) is 12.4. The first-order valence-corrected chi connectivity index (χ1v) is 6.96. The molecule has 0 radical (unpaired) electrons. The van der Waals surface area contributed by atoms with Crippen molar-refractivity contribution in [3.05, 3.63) is 22.8 Å². The lowest BCUT2D eigenvalue weighted by atomic mass is 9.96. The molecule has 18 heavy (non-hydrogen) atoms. The van der Waals surface area contributed by atoms with E-state index in [1.807, 2.05) is 12.3 Å². The maximum Gasteiger partial charge on any atom is 0.159 e. The van der Waals surface area contributed by atoms with Gasteiger partial charge < -0.3 is 14.4 Å². The normalized spacial score (nSPS) is 17.4. The molecule has 1 fully saturated rings. The average molecular weight is 315 g/mol. The lowest BCUT2D eigenvalue weighted by Crippen LogP contribution is -2.39. The smallest absolute Gasteiger partial charge is 0.159 e. The highest BCUT2D eigenvalue weighted by Gasteiger charge is 2.26. The largest absolute Gasteiger partial charge is 0.357 e. The van der Waals surface area contributed by atoms with Crippen LogP contribution in [-0.2, 0) is 9.47 Å². The van der Waals surface area contributed by atoms with Gasteiger partial charge in [-0.25, -0.2) is 4.98 Å². The third kappa shape index (κ3) is 3.22. The van der Waals surface area contributed by atoms with E-state index in [0.29, 0.717) is 5.92 Å². The van der Waals surface area contributed by atoms with E-state index in [-0.39, 0.29) is 6.29 Å². The average Bonchev–Trinajstić information content (AvgIpc) is 2.42. The summed E-state index contributed by atoms with van der Waals surface area (Å²) in [5.74, 6) is 1.52.